The zero-order valence-corrected chi connectivity index (χ0v) is 20.4. The molecule has 3 aromatic rings. The van der Waals surface area contributed by atoms with Crippen molar-refractivity contribution < 1.29 is 23.5 Å². The number of nitrogens with zero attached hydrogens (tertiary/aromatic N) is 2. The molecule has 2 aliphatic heterocycles. The summed E-state index contributed by atoms with van der Waals surface area (Å²) in [6.07, 6.45) is 2.26. The lowest BCUT2D eigenvalue weighted by Gasteiger charge is -2.44. The lowest BCUT2D eigenvalue weighted by atomic mass is 9.96. The molecule has 0 bridgehead atoms. The largest absolute Gasteiger partial charge is 0.459 e. The van der Waals surface area contributed by atoms with Crippen molar-refractivity contribution in [1.82, 2.24) is 9.80 Å². The van der Waals surface area contributed by atoms with E-state index < -0.39 is 11.8 Å². The van der Waals surface area contributed by atoms with Gasteiger partial charge in [0.25, 0.3) is 11.8 Å². The quantitative estimate of drug-likeness (QED) is 0.600. The summed E-state index contributed by atoms with van der Waals surface area (Å²) in [4.78, 5) is 43.3. The number of carbonyl (C=O) groups excluding carboxylic acids is 3. The molecule has 1 atom stereocenters. The van der Waals surface area contributed by atoms with E-state index in [0.717, 1.165) is 11.1 Å². The van der Waals surface area contributed by atoms with Crippen molar-refractivity contribution in [3.63, 3.8) is 0 Å². The number of furan rings is 1. The lowest BCUT2D eigenvalue weighted by Crippen LogP contribution is -2.59. The minimum Gasteiger partial charge on any atom is -0.459 e. The van der Waals surface area contributed by atoms with Crippen LogP contribution in [0.3, 0.4) is 0 Å². The van der Waals surface area contributed by atoms with Gasteiger partial charge in [0, 0.05) is 37.2 Å². The van der Waals surface area contributed by atoms with Gasteiger partial charge in [-0.1, -0.05) is 24.3 Å². The maximum Gasteiger partial charge on any atom is 0.289 e. The van der Waals surface area contributed by atoms with Gasteiger partial charge >= 0.3 is 0 Å². The second-order valence-electron chi connectivity index (χ2n) is 9.37. The summed E-state index contributed by atoms with van der Waals surface area (Å²) < 4.78 is 11.5. The summed E-state index contributed by atoms with van der Waals surface area (Å²) in [6, 6.07) is 17.2. The Labute approximate surface area is 209 Å². The van der Waals surface area contributed by atoms with Gasteiger partial charge in [0.05, 0.1) is 12.9 Å². The van der Waals surface area contributed by atoms with Crippen molar-refractivity contribution in [3.05, 3.63) is 89.4 Å². The first kappa shape index (κ1) is 23.8. The number of piperidine rings is 1. The molecule has 2 aliphatic rings. The van der Waals surface area contributed by atoms with Crippen molar-refractivity contribution in [2.75, 3.05) is 25.0 Å². The standard InChI is InChI=1S/C28H29N3O5/c1-19-10-11-22(17-20(19)2)29-25(32)23-18-36-28(31(23)26(33)21-7-4-3-5-8-21)12-14-30(15-13-28)27(34)24-9-6-16-35-24/h3-11,16-17,23H,12-15,18H2,1-2H3,(H,29,32). The first-order chi connectivity index (χ1) is 17.4. The smallest absolute Gasteiger partial charge is 0.289 e. The van der Waals surface area contributed by atoms with E-state index in [1.807, 2.05) is 38.1 Å². The van der Waals surface area contributed by atoms with Crippen LogP contribution in [0.2, 0.25) is 0 Å². The molecule has 1 N–H and O–H groups in total. The minimum atomic E-state index is -0.974. The number of likely N-dealkylation sites (tertiary alicyclic amines) is 1. The third-order valence-corrected chi connectivity index (χ3v) is 7.14. The number of hydrogen-bond donors (Lipinski definition) is 1. The second kappa shape index (κ2) is 9.62. The average molecular weight is 488 g/mol. The Morgan fingerprint density at radius 1 is 0.917 bits per heavy atom. The second-order valence-corrected chi connectivity index (χ2v) is 9.37. The number of amides is 3. The third kappa shape index (κ3) is 4.40. The van der Waals surface area contributed by atoms with Gasteiger partial charge < -0.3 is 19.4 Å². The Hall–Kier alpha value is -3.91. The van der Waals surface area contributed by atoms with E-state index in [-0.39, 0.29) is 30.1 Å². The average Bonchev–Trinajstić information content (AvgIpc) is 3.55. The summed E-state index contributed by atoms with van der Waals surface area (Å²) in [5.74, 6) is -0.480. The molecule has 1 aromatic heterocycles. The Bertz CT molecular complexity index is 1260. The summed E-state index contributed by atoms with van der Waals surface area (Å²) in [5.41, 5.74) is 2.39. The van der Waals surface area contributed by atoms with Gasteiger partial charge in [0.1, 0.15) is 11.8 Å². The highest BCUT2D eigenvalue weighted by Crippen LogP contribution is 2.39. The van der Waals surface area contributed by atoms with Crippen LogP contribution in [0, 0.1) is 13.8 Å². The maximum atomic E-state index is 13.8. The molecule has 0 radical (unpaired) electrons. The number of rotatable bonds is 4. The number of anilines is 1. The van der Waals surface area contributed by atoms with Crippen LogP contribution < -0.4 is 5.32 Å². The van der Waals surface area contributed by atoms with E-state index in [1.54, 1.807) is 46.2 Å². The lowest BCUT2D eigenvalue weighted by molar-refractivity contribution is -0.123. The first-order valence-electron chi connectivity index (χ1n) is 12.1. The van der Waals surface area contributed by atoms with Crippen LogP contribution in [-0.4, -0.2) is 59.0 Å². The molecule has 3 heterocycles. The SMILES string of the molecule is Cc1ccc(NC(=O)C2COC3(CCN(C(=O)c4ccco4)CC3)N2C(=O)c2ccccc2)cc1C. The number of hydrogen-bond acceptors (Lipinski definition) is 5. The fourth-order valence-corrected chi connectivity index (χ4v) is 4.95. The zero-order chi connectivity index (χ0) is 25.3. The van der Waals surface area contributed by atoms with E-state index in [9.17, 15) is 14.4 Å². The molecule has 2 saturated heterocycles. The number of ether oxygens (including phenoxy) is 1. The molecule has 1 spiro atoms. The van der Waals surface area contributed by atoms with Crippen molar-refractivity contribution in [3.8, 4) is 0 Å². The molecular formula is C28H29N3O5. The van der Waals surface area contributed by atoms with E-state index in [0.29, 0.717) is 37.2 Å². The van der Waals surface area contributed by atoms with Crippen molar-refractivity contribution in [2.45, 2.75) is 38.5 Å². The first-order valence-corrected chi connectivity index (χ1v) is 12.1. The molecule has 186 valence electrons. The summed E-state index contributed by atoms with van der Waals surface area (Å²) in [5, 5.41) is 2.97. The number of carbonyl (C=O) groups is 3. The Morgan fingerprint density at radius 3 is 2.33 bits per heavy atom. The van der Waals surface area contributed by atoms with Crippen molar-refractivity contribution in [1.29, 1.82) is 0 Å². The van der Waals surface area contributed by atoms with E-state index in [1.165, 1.54) is 6.26 Å². The van der Waals surface area contributed by atoms with E-state index in [2.05, 4.69) is 5.32 Å². The van der Waals surface area contributed by atoms with Gasteiger partial charge in [-0.15, -0.1) is 0 Å². The molecule has 8 nitrogen and oxygen atoms in total. The highest BCUT2D eigenvalue weighted by molar-refractivity contribution is 6.02. The van der Waals surface area contributed by atoms with Gasteiger partial charge in [0.15, 0.2) is 5.76 Å². The van der Waals surface area contributed by atoms with Gasteiger partial charge in [0.2, 0.25) is 5.91 Å². The van der Waals surface area contributed by atoms with Crippen molar-refractivity contribution >= 4 is 23.4 Å². The van der Waals surface area contributed by atoms with Crippen LogP contribution in [0.1, 0.15) is 44.9 Å². The van der Waals surface area contributed by atoms with Crippen LogP contribution in [0.5, 0.6) is 0 Å². The Kier molecular flexibility index (Phi) is 6.36. The molecule has 8 heteroatoms. The fraction of sp³-hybridized carbons (Fsp3) is 0.321. The predicted octanol–water partition coefficient (Wildman–Crippen LogP) is 4.01. The van der Waals surface area contributed by atoms with Gasteiger partial charge in [-0.25, -0.2) is 0 Å². The molecule has 3 amide bonds. The normalized spacial score (nSPS) is 18.9. The number of aryl methyl sites for hydroxylation is 2. The molecule has 0 saturated carbocycles. The van der Waals surface area contributed by atoms with Crippen LogP contribution in [0.4, 0.5) is 5.69 Å². The number of benzene rings is 2. The maximum absolute atomic E-state index is 13.8. The molecule has 5 rings (SSSR count). The molecule has 2 aromatic carbocycles. The highest BCUT2D eigenvalue weighted by Gasteiger charge is 2.54. The van der Waals surface area contributed by atoms with Crippen LogP contribution in [0.25, 0.3) is 0 Å². The Balaban J connectivity index is 1.39. The summed E-state index contributed by atoms with van der Waals surface area (Å²) in [7, 11) is 0. The summed E-state index contributed by atoms with van der Waals surface area (Å²) >= 11 is 0. The third-order valence-electron chi connectivity index (χ3n) is 7.14. The van der Waals surface area contributed by atoms with Crippen LogP contribution in [0.15, 0.2) is 71.3 Å². The minimum absolute atomic E-state index is 0.0847. The summed E-state index contributed by atoms with van der Waals surface area (Å²) in [6.45, 7) is 4.84. The molecule has 1 unspecified atom stereocenters. The monoisotopic (exact) mass is 487 g/mol. The Morgan fingerprint density at radius 2 is 1.67 bits per heavy atom. The number of nitrogens with one attached hydrogen (secondary N) is 1. The predicted molar refractivity (Wildman–Crippen MR) is 133 cm³/mol. The van der Waals surface area contributed by atoms with Gasteiger partial charge in [-0.05, 0) is 61.4 Å². The topological polar surface area (TPSA) is 92.1 Å². The van der Waals surface area contributed by atoms with Crippen molar-refractivity contribution in [2.24, 2.45) is 0 Å². The van der Waals surface area contributed by atoms with Gasteiger partial charge in [-0.3, -0.25) is 19.3 Å². The van der Waals surface area contributed by atoms with Crippen LogP contribution >= 0.6 is 0 Å². The van der Waals surface area contributed by atoms with E-state index in [4.69, 9.17) is 9.15 Å². The highest BCUT2D eigenvalue weighted by atomic mass is 16.5. The molecule has 0 aliphatic carbocycles. The fourth-order valence-electron chi connectivity index (χ4n) is 4.95. The van der Waals surface area contributed by atoms with E-state index >= 15 is 0 Å². The molecular weight excluding hydrogens is 458 g/mol. The van der Waals surface area contributed by atoms with Gasteiger partial charge in [-0.2, -0.15) is 0 Å². The van der Waals surface area contributed by atoms with Crippen LogP contribution in [-0.2, 0) is 9.53 Å². The molecule has 36 heavy (non-hydrogen) atoms. The molecule has 2 fully saturated rings. The zero-order valence-electron chi connectivity index (χ0n) is 20.4.